The van der Waals surface area contributed by atoms with E-state index in [0.29, 0.717) is 48.9 Å². The minimum absolute atomic E-state index is 0.0935. The molecule has 3 saturated heterocycles. The van der Waals surface area contributed by atoms with E-state index in [-0.39, 0.29) is 71.1 Å². The third-order valence-electron chi connectivity index (χ3n) is 13.7. The number of hydrogen-bond acceptors (Lipinski definition) is 8. The number of alkyl halides is 4. The monoisotopic (exact) mass is 905 g/mol. The maximum Gasteiger partial charge on any atom is 0.522 e. The van der Waals surface area contributed by atoms with Crippen LogP contribution in [0.4, 0.5) is 17.6 Å². The molecule has 2 aliphatic carbocycles. The van der Waals surface area contributed by atoms with Gasteiger partial charge in [-0.2, -0.15) is 0 Å². The fraction of sp³-hybridized carbons (Fsp3) is 0.581. The number of carboxylic acid groups (broad SMARTS) is 1. The summed E-state index contributed by atoms with van der Waals surface area (Å²) in [5, 5.41) is 14.4. The van der Waals surface area contributed by atoms with Crippen LogP contribution in [0, 0.1) is 0 Å². The minimum Gasteiger partial charge on any atom is -0.480 e. The van der Waals surface area contributed by atoms with Crippen LogP contribution in [0.15, 0.2) is 54.6 Å². The van der Waals surface area contributed by atoms with Crippen molar-refractivity contribution in [3.05, 3.63) is 70.6 Å². The highest BCUT2D eigenvalue weighted by Crippen LogP contribution is 2.55. The number of carboxylic acids is 1. The number of hydrogen-bond donors (Lipinski definition) is 4. The van der Waals surface area contributed by atoms with Crippen LogP contribution in [0.1, 0.15) is 111 Å². The molecule has 336 valence electrons. The number of benzene rings is 2. The van der Waals surface area contributed by atoms with E-state index in [1.54, 1.807) is 4.90 Å². The van der Waals surface area contributed by atoms with Crippen LogP contribution >= 0.6 is 18.9 Å². The number of rotatable bonds is 13. The molecule has 3 aliphatic heterocycles. The summed E-state index contributed by atoms with van der Waals surface area (Å²) < 4.78 is 72.1. The Bertz CT molecular complexity index is 2240. The zero-order valence-electron chi connectivity index (χ0n) is 34.4. The molecule has 0 bridgehead atoms. The van der Waals surface area contributed by atoms with Crippen LogP contribution in [0.2, 0.25) is 0 Å². The van der Waals surface area contributed by atoms with Gasteiger partial charge in [0.1, 0.15) is 18.1 Å². The number of thiophene rings is 1. The van der Waals surface area contributed by atoms with Gasteiger partial charge in [0.05, 0.1) is 11.0 Å². The van der Waals surface area contributed by atoms with Gasteiger partial charge in [0, 0.05) is 40.8 Å². The molecule has 3 aromatic rings. The van der Waals surface area contributed by atoms with E-state index in [1.165, 1.54) is 29.8 Å². The molecule has 13 nitrogen and oxygen atoms in total. The molecule has 1 spiro atoms. The summed E-state index contributed by atoms with van der Waals surface area (Å²) in [5.41, 5.74) is 0.725. The molecule has 1 aromatic heterocycles. The molecule has 4 heterocycles. The van der Waals surface area contributed by atoms with Crippen molar-refractivity contribution in [1.29, 1.82) is 0 Å². The number of aliphatic carboxylic acids is 1. The molecule has 5 fully saturated rings. The van der Waals surface area contributed by atoms with E-state index in [4.69, 9.17) is 5.11 Å². The lowest BCUT2D eigenvalue weighted by molar-refractivity contribution is -0.354. The number of likely N-dealkylation sites (tertiary alicyclic amines) is 1. The summed E-state index contributed by atoms with van der Waals surface area (Å²) in [7, 11) is -4.82. The lowest BCUT2D eigenvalue weighted by atomic mass is 9.84. The fourth-order valence-corrected chi connectivity index (χ4v) is 12.7. The second-order valence-electron chi connectivity index (χ2n) is 17.7. The highest BCUT2D eigenvalue weighted by molar-refractivity contribution is 7.56. The van der Waals surface area contributed by atoms with E-state index >= 15 is 4.39 Å². The number of carbonyl (C=O) groups is 4. The Morgan fingerprint density at radius 2 is 1.76 bits per heavy atom. The first-order valence-electron chi connectivity index (χ1n) is 21.4. The highest BCUT2D eigenvalue weighted by Gasteiger charge is 2.59. The van der Waals surface area contributed by atoms with Crippen molar-refractivity contribution >= 4 is 52.6 Å². The number of fused-ring (bicyclic) bond motifs is 2. The largest absolute Gasteiger partial charge is 0.522 e. The molecule has 8 rings (SSSR count). The second kappa shape index (κ2) is 17.2. The topological polar surface area (TPSA) is 169 Å². The molecule has 0 radical (unpaired) electrons. The normalized spacial score (nSPS) is 29.1. The first kappa shape index (κ1) is 44.7. The molecule has 3 amide bonds. The molecular weight excluding hydrogens is 854 g/mol. The van der Waals surface area contributed by atoms with Crippen LogP contribution in [-0.4, -0.2) is 116 Å². The third kappa shape index (κ3) is 9.05. The van der Waals surface area contributed by atoms with E-state index in [9.17, 15) is 41.8 Å². The predicted octanol–water partition coefficient (Wildman–Crippen LogP) is 7.07. The standard InChI is InChI=1S/C43H52F4N5O8PS/c1-3-50(31-20-32(21-31)60-43(45,46)47)29-10-12-33(48-38(53)36-18-27-17-26(9-14-35(27)62-36)37(44)61(58,59)49-24(2)41(56)57)39(54)52-30(19-29)11-13-34(52)40(55)51-23-28(22-42(51)15-16-42)25-7-5-4-6-8-25/h4-9,14,17-18,24,28-34,37H,3,10-13,15-16,19-23H2,1-2H3,(H,48,53)(H,56,57)(H2,49,58,59)/t24-,28+,29-,30+,31?,32?,33-,34-,37+/m0/s1. The van der Waals surface area contributed by atoms with Gasteiger partial charge in [0.25, 0.3) is 5.91 Å². The van der Waals surface area contributed by atoms with Crippen molar-refractivity contribution < 1.29 is 56.0 Å². The van der Waals surface area contributed by atoms with Crippen molar-refractivity contribution in [3.8, 4) is 0 Å². The number of nitrogens with zero attached hydrogens (tertiary/aromatic N) is 3. The van der Waals surface area contributed by atoms with Gasteiger partial charge in [0.15, 0.2) is 0 Å². The third-order valence-corrected chi connectivity index (χ3v) is 16.5. The number of amides is 3. The lowest BCUT2D eigenvalue weighted by Gasteiger charge is -2.48. The maximum atomic E-state index is 15.4. The molecule has 8 atom stereocenters. The average molecular weight is 906 g/mol. The number of ether oxygens (including phenoxy) is 1. The molecule has 2 aromatic carbocycles. The first-order chi connectivity index (χ1) is 29.4. The molecule has 19 heteroatoms. The van der Waals surface area contributed by atoms with Crippen LogP contribution in [-0.2, 0) is 23.7 Å². The van der Waals surface area contributed by atoms with Gasteiger partial charge >= 0.3 is 19.9 Å². The lowest BCUT2D eigenvalue weighted by Crippen LogP contribution is -2.60. The Hall–Kier alpha value is -3.93. The summed E-state index contributed by atoms with van der Waals surface area (Å²) in [6.07, 6.45) is -0.399. The van der Waals surface area contributed by atoms with Crippen LogP contribution < -0.4 is 10.4 Å². The Morgan fingerprint density at radius 3 is 2.42 bits per heavy atom. The van der Waals surface area contributed by atoms with Crippen LogP contribution in [0.5, 0.6) is 0 Å². The van der Waals surface area contributed by atoms with E-state index in [1.807, 2.05) is 35.1 Å². The fourth-order valence-electron chi connectivity index (χ4n) is 10.4. The summed E-state index contributed by atoms with van der Waals surface area (Å²) in [4.78, 5) is 71.3. The van der Waals surface area contributed by atoms with Crippen molar-refractivity contribution in [2.45, 2.75) is 144 Å². The van der Waals surface area contributed by atoms with Crippen LogP contribution in [0.25, 0.3) is 10.1 Å². The van der Waals surface area contributed by atoms with Gasteiger partial charge in [0.2, 0.25) is 17.7 Å². The number of carbonyl (C=O) groups excluding carboxylic acids is 3. The van der Waals surface area contributed by atoms with Gasteiger partial charge < -0.3 is 25.1 Å². The second-order valence-corrected chi connectivity index (χ2v) is 20.7. The zero-order valence-corrected chi connectivity index (χ0v) is 36.1. The van der Waals surface area contributed by atoms with Gasteiger partial charge in [-0.05, 0) is 112 Å². The Kier molecular flexibility index (Phi) is 12.4. The van der Waals surface area contributed by atoms with E-state index in [2.05, 4.69) is 27.1 Å². The van der Waals surface area contributed by atoms with Crippen molar-refractivity contribution in [3.63, 3.8) is 0 Å². The van der Waals surface area contributed by atoms with Gasteiger partial charge in [-0.3, -0.25) is 33.4 Å². The molecule has 5 aliphatic rings. The number of halogens is 4. The van der Waals surface area contributed by atoms with Crippen molar-refractivity contribution in [1.82, 2.24) is 25.1 Å². The molecule has 2 saturated carbocycles. The summed E-state index contributed by atoms with van der Waals surface area (Å²) in [6, 6.07) is 11.8. The average Bonchev–Trinajstić information content (AvgIpc) is 3.50. The van der Waals surface area contributed by atoms with E-state index in [0.717, 1.165) is 37.5 Å². The van der Waals surface area contributed by atoms with Crippen molar-refractivity contribution in [2.24, 2.45) is 0 Å². The molecular formula is C43H52F4N5O8PS. The summed E-state index contributed by atoms with van der Waals surface area (Å²) in [6.45, 7) is 4.17. The Labute approximate surface area is 360 Å². The van der Waals surface area contributed by atoms with Crippen molar-refractivity contribution in [2.75, 3.05) is 13.1 Å². The first-order valence-corrected chi connectivity index (χ1v) is 23.9. The van der Waals surface area contributed by atoms with E-state index < -0.39 is 55.9 Å². The van der Waals surface area contributed by atoms with Gasteiger partial charge in [-0.25, -0.2) is 9.48 Å². The number of nitrogens with one attached hydrogen (secondary N) is 2. The molecule has 62 heavy (non-hydrogen) atoms. The minimum atomic E-state index is -4.82. The zero-order chi connectivity index (χ0) is 44.3. The van der Waals surface area contributed by atoms with Gasteiger partial charge in [-0.1, -0.05) is 43.3 Å². The predicted molar refractivity (Wildman–Crippen MR) is 222 cm³/mol. The molecule has 1 unspecified atom stereocenters. The molecule has 4 N–H and O–H groups in total. The summed E-state index contributed by atoms with van der Waals surface area (Å²) in [5.74, 6) is -4.75. The van der Waals surface area contributed by atoms with Gasteiger partial charge in [-0.15, -0.1) is 24.5 Å². The highest BCUT2D eigenvalue weighted by atomic mass is 32.1. The summed E-state index contributed by atoms with van der Waals surface area (Å²) >= 11 is 1.08. The smallest absolute Gasteiger partial charge is 0.480 e. The maximum absolute atomic E-state index is 15.4. The Morgan fingerprint density at radius 1 is 1.03 bits per heavy atom. The SMILES string of the molecule is CCN(C1CC(OC(F)(F)F)C1)[C@H]1CC[C@H](NC(=O)c2cc3cc([C@H](F)P(=O)(O)N[C@@H](C)C(=O)O)ccc3s2)C(=O)N2[C@H](CC[C@H]2C(=O)N2C[C@H](c3ccccc3)CC23CC3)C1. The van der Waals surface area contributed by atoms with Crippen LogP contribution in [0.3, 0.4) is 0 Å². The Balaban J connectivity index is 1.04. The quantitative estimate of drug-likeness (QED) is 0.103.